The van der Waals surface area contributed by atoms with Crippen LogP contribution in [0.15, 0.2) is 42.5 Å². The van der Waals surface area contributed by atoms with Gasteiger partial charge in [0, 0.05) is 7.05 Å². The molecule has 2 amide bonds. The number of ether oxygens (including phenoxy) is 1. The topological polar surface area (TPSA) is 65.4 Å². The van der Waals surface area contributed by atoms with Gasteiger partial charge in [0.25, 0.3) is 0 Å². The monoisotopic (exact) mass is 327 g/mol. The second kappa shape index (κ2) is 7.97. The van der Waals surface area contributed by atoms with Crippen LogP contribution in [0.3, 0.4) is 0 Å². The molecule has 0 saturated carbocycles. The molecule has 0 saturated heterocycles. The molecule has 0 aliphatic carbocycles. The summed E-state index contributed by atoms with van der Waals surface area (Å²) in [6.45, 7) is 2.65. The van der Waals surface area contributed by atoms with E-state index in [1.807, 2.05) is 37.3 Å². The standard InChI is InChI=1S/C18H18FN3O2/c1-13-5-3-4-6-17(13)24-10-9-22(2)18(23)21-16-8-7-15(19)11-14(16)12-20/h3-8,11H,9-10H2,1-2H3,(H,21,23). The second-order valence-corrected chi connectivity index (χ2v) is 5.27. The van der Waals surface area contributed by atoms with E-state index in [2.05, 4.69) is 5.32 Å². The summed E-state index contributed by atoms with van der Waals surface area (Å²) in [5.74, 6) is 0.251. The molecule has 0 fully saturated rings. The number of carbonyl (C=O) groups is 1. The van der Waals surface area contributed by atoms with Gasteiger partial charge in [-0.2, -0.15) is 5.26 Å². The number of hydrogen-bond acceptors (Lipinski definition) is 3. The Morgan fingerprint density at radius 2 is 2.08 bits per heavy atom. The van der Waals surface area contributed by atoms with Crippen molar-refractivity contribution in [1.29, 1.82) is 5.26 Å². The van der Waals surface area contributed by atoms with E-state index in [9.17, 15) is 9.18 Å². The molecule has 2 aromatic carbocycles. The van der Waals surface area contributed by atoms with Crippen LogP contribution in [0.5, 0.6) is 5.75 Å². The SMILES string of the molecule is Cc1ccccc1OCCN(C)C(=O)Nc1ccc(F)cc1C#N. The summed E-state index contributed by atoms with van der Waals surface area (Å²) in [6.07, 6.45) is 0. The van der Waals surface area contributed by atoms with Crippen molar-refractivity contribution in [3.8, 4) is 11.8 Å². The van der Waals surface area contributed by atoms with Crippen molar-refractivity contribution in [1.82, 2.24) is 4.90 Å². The van der Waals surface area contributed by atoms with Crippen LogP contribution in [0, 0.1) is 24.1 Å². The number of amides is 2. The highest BCUT2D eigenvalue weighted by molar-refractivity contribution is 5.90. The number of aryl methyl sites for hydroxylation is 1. The van der Waals surface area contributed by atoms with Gasteiger partial charge >= 0.3 is 6.03 Å². The quantitative estimate of drug-likeness (QED) is 0.913. The van der Waals surface area contributed by atoms with Crippen LogP contribution in [-0.4, -0.2) is 31.1 Å². The first-order valence-corrected chi connectivity index (χ1v) is 7.41. The van der Waals surface area contributed by atoms with Gasteiger partial charge in [-0.1, -0.05) is 18.2 Å². The number of likely N-dealkylation sites (N-methyl/N-ethyl adjacent to an activating group) is 1. The second-order valence-electron chi connectivity index (χ2n) is 5.27. The Balaban J connectivity index is 1.89. The molecular weight excluding hydrogens is 309 g/mol. The van der Waals surface area contributed by atoms with E-state index in [0.29, 0.717) is 13.2 Å². The van der Waals surface area contributed by atoms with Crippen molar-refractivity contribution < 1.29 is 13.9 Å². The molecule has 5 nitrogen and oxygen atoms in total. The third-order valence-electron chi connectivity index (χ3n) is 3.47. The molecule has 6 heteroatoms. The summed E-state index contributed by atoms with van der Waals surface area (Å²) >= 11 is 0. The van der Waals surface area contributed by atoms with E-state index in [-0.39, 0.29) is 11.3 Å². The Morgan fingerprint density at radius 1 is 1.33 bits per heavy atom. The zero-order valence-corrected chi connectivity index (χ0v) is 13.5. The molecule has 24 heavy (non-hydrogen) atoms. The maximum Gasteiger partial charge on any atom is 0.321 e. The fraction of sp³-hybridized carbons (Fsp3) is 0.222. The van der Waals surface area contributed by atoms with Gasteiger partial charge in [-0.25, -0.2) is 9.18 Å². The first kappa shape index (κ1) is 17.3. The first-order chi connectivity index (χ1) is 11.5. The van der Waals surface area contributed by atoms with E-state index in [1.54, 1.807) is 7.05 Å². The Hall–Kier alpha value is -3.07. The Labute approximate surface area is 140 Å². The summed E-state index contributed by atoms with van der Waals surface area (Å²) in [5, 5.41) is 11.6. The van der Waals surface area contributed by atoms with E-state index < -0.39 is 11.8 Å². The van der Waals surface area contributed by atoms with Gasteiger partial charge < -0.3 is 15.0 Å². The maximum absolute atomic E-state index is 13.1. The molecule has 2 aromatic rings. The molecular formula is C18H18FN3O2. The first-order valence-electron chi connectivity index (χ1n) is 7.41. The van der Waals surface area contributed by atoms with E-state index in [4.69, 9.17) is 10.00 Å². The van der Waals surface area contributed by atoms with Gasteiger partial charge in [-0.3, -0.25) is 0 Å². The number of para-hydroxylation sites is 1. The van der Waals surface area contributed by atoms with Crippen molar-refractivity contribution in [2.24, 2.45) is 0 Å². The van der Waals surface area contributed by atoms with Crippen LogP contribution in [0.25, 0.3) is 0 Å². The molecule has 0 aliphatic rings. The van der Waals surface area contributed by atoms with Crippen LogP contribution >= 0.6 is 0 Å². The van der Waals surface area contributed by atoms with E-state index in [1.165, 1.54) is 17.0 Å². The highest BCUT2D eigenvalue weighted by Crippen LogP contribution is 2.17. The number of rotatable bonds is 5. The Morgan fingerprint density at radius 3 is 2.79 bits per heavy atom. The molecule has 1 N–H and O–H groups in total. The molecule has 124 valence electrons. The van der Waals surface area contributed by atoms with Gasteiger partial charge in [0.05, 0.1) is 17.8 Å². The zero-order valence-electron chi connectivity index (χ0n) is 13.5. The van der Waals surface area contributed by atoms with Gasteiger partial charge in [-0.15, -0.1) is 0 Å². The lowest BCUT2D eigenvalue weighted by atomic mass is 10.2. The van der Waals surface area contributed by atoms with E-state index >= 15 is 0 Å². The van der Waals surface area contributed by atoms with Gasteiger partial charge in [0.15, 0.2) is 0 Å². The average molecular weight is 327 g/mol. The van der Waals surface area contributed by atoms with Crippen LogP contribution in [-0.2, 0) is 0 Å². The number of hydrogen-bond donors (Lipinski definition) is 1. The molecule has 0 atom stereocenters. The third-order valence-corrected chi connectivity index (χ3v) is 3.47. The fourth-order valence-electron chi connectivity index (χ4n) is 2.04. The zero-order chi connectivity index (χ0) is 17.5. The lowest BCUT2D eigenvalue weighted by molar-refractivity contribution is 0.207. The number of halogens is 1. The largest absolute Gasteiger partial charge is 0.491 e. The van der Waals surface area contributed by atoms with Crippen LogP contribution in [0.2, 0.25) is 0 Å². The summed E-state index contributed by atoms with van der Waals surface area (Å²) in [4.78, 5) is 13.6. The number of anilines is 1. The molecule has 0 spiro atoms. The summed E-state index contributed by atoms with van der Waals surface area (Å²) < 4.78 is 18.7. The van der Waals surface area contributed by atoms with Crippen LogP contribution in [0.4, 0.5) is 14.9 Å². The predicted octanol–water partition coefficient (Wildman–Crippen LogP) is 3.55. The lowest BCUT2D eigenvalue weighted by Gasteiger charge is -2.19. The fourth-order valence-corrected chi connectivity index (χ4v) is 2.04. The molecule has 0 radical (unpaired) electrons. The molecule has 0 unspecified atom stereocenters. The molecule has 2 rings (SSSR count). The molecule has 0 bridgehead atoms. The van der Waals surface area contributed by atoms with Crippen LogP contribution in [0.1, 0.15) is 11.1 Å². The van der Waals surface area contributed by atoms with Crippen molar-refractivity contribution in [2.45, 2.75) is 6.92 Å². The smallest absolute Gasteiger partial charge is 0.321 e. The number of urea groups is 1. The Bertz CT molecular complexity index is 771. The summed E-state index contributed by atoms with van der Waals surface area (Å²) in [6, 6.07) is 12.7. The number of carbonyl (C=O) groups excluding carboxylic acids is 1. The number of benzene rings is 2. The lowest BCUT2D eigenvalue weighted by Crippen LogP contribution is -2.34. The van der Waals surface area contributed by atoms with Gasteiger partial charge in [0.1, 0.15) is 24.2 Å². The number of nitrogens with one attached hydrogen (secondary N) is 1. The predicted molar refractivity (Wildman–Crippen MR) is 89.4 cm³/mol. The maximum atomic E-state index is 13.1. The number of nitriles is 1. The van der Waals surface area contributed by atoms with Crippen molar-refractivity contribution >= 4 is 11.7 Å². The van der Waals surface area contributed by atoms with Crippen LogP contribution < -0.4 is 10.1 Å². The summed E-state index contributed by atoms with van der Waals surface area (Å²) in [5.41, 5.74) is 1.37. The van der Waals surface area contributed by atoms with Gasteiger partial charge in [-0.05, 0) is 36.8 Å². The third kappa shape index (κ3) is 4.46. The van der Waals surface area contributed by atoms with Crippen molar-refractivity contribution in [3.05, 3.63) is 59.4 Å². The van der Waals surface area contributed by atoms with Crippen molar-refractivity contribution in [2.75, 3.05) is 25.5 Å². The average Bonchev–Trinajstić information content (AvgIpc) is 2.57. The van der Waals surface area contributed by atoms with Crippen molar-refractivity contribution in [3.63, 3.8) is 0 Å². The molecule has 0 aromatic heterocycles. The minimum Gasteiger partial charge on any atom is -0.491 e. The highest BCUT2D eigenvalue weighted by atomic mass is 19.1. The highest BCUT2D eigenvalue weighted by Gasteiger charge is 2.12. The van der Waals surface area contributed by atoms with E-state index in [0.717, 1.165) is 17.4 Å². The Kier molecular flexibility index (Phi) is 5.74. The molecule has 0 heterocycles. The number of nitrogens with zero attached hydrogens (tertiary/aromatic N) is 2. The minimum absolute atomic E-state index is 0.0768. The van der Waals surface area contributed by atoms with Gasteiger partial charge in [0.2, 0.25) is 0 Å². The normalized spacial score (nSPS) is 9.92. The summed E-state index contributed by atoms with van der Waals surface area (Å²) in [7, 11) is 1.62. The minimum atomic E-state index is -0.524. The molecule has 0 aliphatic heterocycles.